The summed E-state index contributed by atoms with van der Waals surface area (Å²) in [4.78, 5) is 1.92. The van der Waals surface area contributed by atoms with Crippen LogP contribution in [-0.4, -0.2) is 13.1 Å². The van der Waals surface area contributed by atoms with E-state index >= 15 is 0 Å². The van der Waals surface area contributed by atoms with E-state index in [1.165, 1.54) is 6.07 Å². The minimum Gasteiger partial charge on any atom is -0.370 e. The zero-order valence-corrected chi connectivity index (χ0v) is 8.13. The highest BCUT2D eigenvalue weighted by Crippen LogP contribution is 2.27. The monoisotopic (exact) mass is 208 g/mol. The van der Waals surface area contributed by atoms with Crippen molar-refractivity contribution >= 4 is 5.69 Å². The van der Waals surface area contributed by atoms with E-state index in [0.29, 0.717) is 5.69 Å². The van der Waals surface area contributed by atoms with E-state index in [9.17, 15) is 8.78 Å². The molecule has 1 aliphatic rings. The molecular formula is C11H10F2N2. The Balaban J connectivity index is 2.47. The predicted molar refractivity (Wildman–Crippen MR) is 52.5 cm³/mol. The van der Waals surface area contributed by atoms with Gasteiger partial charge in [0.05, 0.1) is 5.69 Å². The lowest BCUT2D eigenvalue weighted by Gasteiger charge is -2.19. The third kappa shape index (κ3) is 1.65. The largest absolute Gasteiger partial charge is 0.370 e. The second-order valence-corrected chi connectivity index (χ2v) is 3.56. The van der Waals surface area contributed by atoms with Crippen LogP contribution in [0, 0.1) is 23.0 Å². The summed E-state index contributed by atoms with van der Waals surface area (Å²) in [5.41, 5.74) is 0.325. The van der Waals surface area contributed by atoms with Crippen molar-refractivity contribution < 1.29 is 8.78 Å². The Labute approximate surface area is 86.7 Å². The van der Waals surface area contributed by atoms with Crippen molar-refractivity contribution in [3.8, 4) is 6.07 Å². The molecule has 78 valence electrons. The van der Waals surface area contributed by atoms with Crippen molar-refractivity contribution in [1.82, 2.24) is 0 Å². The topological polar surface area (TPSA) is 27.0 Å². The van der Waals surface area contributed by atoms with Gasteiger partial charge in [-0.2, -0.15) is 5.26 Å². The van der Waals surface area contributed by atoms with Crippen LogP contribution >= 0.6 is 0 Å². The second kappa shape index (κ2) is 3.85. The van der Waals surface area contributed by atoms with Crippen molar-refractivity contribution in [3.63, 3.8) is 0 Å². The molecule has 0 aliphatic carbocycles. The molecule has 0 aromatic heterocycles. The highest BCUT2D eigenvalue weighted by Gasteiger charge is 2.20. The second-order valence-electron chi connectivity index (χ2n) is 3.56. The van der Waals surface area contributed by atoms with E-state index in [0.717, 1.165) is 32.0 Å². The van der Waals surface area contributed by atoms with Gasteiger partial charge in [-0.25, -0.2) is 8.78 Å². The van der Waals surface area contributed by atoms with Gasteiger partial charge in [-0.3, -0.25) is 0 Å². The Kier molecular flexibility index (Phi) is 2.55. The molecule has 1 aromatic carbocycles. The van der Waals surface area contributed by atoms with Gasteiger partial charge in [0, 0.05) is 13.1 Å². The number of halogens is 2. The van der Waals surface area contributed by atoms with Crippen LogP contribution in [-0.2, 0) is 0 Å². The number of hydrogen-bond donors (Lipinski definition) is 0. The van der Waals surface area contributed by atoms with Crippen LogP contribution in [0.2, 0.25) is 0 Å². The van der Waals surface area contributed by atoms with Crippen LogP contribution < -0.4 is 4.90 Å². The summed E-state index contributed by atoms with van der Waals surface area (Å²) in [6, 6.07) is 4.27. The molecule has 1 heterocycles. The van der Waals surface area contributed by atoms with E-state index in [-0.39, 0.29) is 5.56 Å². The SMILES string of the molecule is N#Cc1c(N2CCCC2)ccc(F)c1F. The maximum atomic E-state index is 13.3. The van der Waals surface area contributed by atoms with Crippen LogP contribution in [0.4, 0.5) is 14.5 Å². The van der Waals surface area contributed by atoms with E-state index in [1.807, 2.05) is 4.90 Å². The fourth-order valence-corrected chi connectivity index (χ4v) is 1.87. The van der Waals surface area contributed by atoms with E-state index in [2.05, 4.69) is 0 Å². The summed E-state index contributed by atoms with van der Waals surface area (Å²) in [6.45, 7) is 1.61. The highest BCUT2D eigenvalue weighted by molar-refractivity contribution is 5.60. The molecule has 4 heteroatoms. The first-order valence-corrected chi connectivity index (χ1v) is 4.87. The molecule has 15 heavy (non-hydrogen) atoms. The van der Waals surface area contributed by atoms with Crippen molar-refractivity contribution in [2.45, 2.75) is 12.8 Å². The van der Waals surface area contributed by atoms with Gasteiger partial charge in [-0.1, -0.05) is 0 Å². The van der Waals surface area contributed by atoms with Gasteiger partial charge >= 0.3 is 0 Å². The summed E-state index contributed by atoms with van der Waals surface area (Å²) in [6.07, 6.45) is 2.06. The Hall–Kier alpha value is -1.63. The molecule has 0 atom stereocenters. The standard InChI is InChI=1S/C11H10F2N2/c12-9-3-4-10(8(7-14)11(9)13)15-5-1-2-6-15/h3-4H,1-2,5-6H2. The summed E-state index contributed by atoms with van der Waals surface area (Å²) in [5, 5.41) is 8.80. The number of benzene rings is 1. The lowest BCUT2D eigenvalue weighted by Crippen LogP contribution is -2.19. The molecule has 1 fully saturated rings. The van der Waals surface area contributed by atoms with E-state index in [4.69, 9.17) is 5.26 Å². The minimum atomic E-state index is -1.04. The molecule has 0 bridgehead atoms. The number of anilines is 1. The smallest absolute Gasteiger partial charge is 0.178 e. The van der Waals surface area contributed by atoms with Gasteiger partial charge in [-0.15, -0.1) is 0 Å². The first kappa shape index (κ1) is 9.91. The minimum absolute atomic E-state index is 0.183. The molecule has 2 rings (SSSR count). The molecule has 0 saturated carbocycles. The Morgan fingerprint density at radius 3 is 2.47 bits per heavy atom. The maximum absolute atomic E-state index is 13.3. The third-order valence-corrected chi connectivity index (χ3v) is 2.63. The van der Waals surface area contributed by atoms with Crippen LogP contribution in [0.1, 0.15) is 18.4 Å². The molecule has 0 amide bonds. The highest BCUT2D eigenvalue weighted by atomic mass is 19.2. The van der Waals surface area contributed by atoms with Gasteiger partial charge < -0.3 is 4.90 Å². The van der Waals surface area contributed by atoms with Gasteiger partial charge in [0.15, 0.2) is 11.6 Å². The van der Waals surface area contributed by atoms with Gasteiger partial charge in [0.25, 0.3) is 0 Å². The van der Waals surface area contributed by atoms with Gasteiger partial charge in [0.2, 0.25) is 0 Å². The number of rotatable bonds is 1. The molecule has 0 unspecified atom stereocenters. The Morgan fingerprint density at radius 1 is 1.20 bits per heavy atom. The molecular weight excluding hydrogens is 198 g/mol. The summed E-state index contributed by atoms with van der Waals surface area (Å²) < 4.78 is 26.2. The lowest BCUT2D eigenvalue weighted by atomic mass is 10.1. The average Bonchev–Trinajstić information content (AvgIpc) is 2.75. The maximum Gasteiger partial charge on any atom is 0.178 e. The molecule has 2 nitrogen and oxygen atoms in total. The van der Waals surface area contributed by atoms with Crippen molar-refractivity contribution in [2.24, 2.45) is 0 Å². The quantitative estimate of drug-likeness (QED) is 0.708. The fourth-order valence-electron chi connectivity index (χ4n) is 1.87. The van der Waals surface area contributed by atoms with Crippen LogP contribution in [0.15, 0.2) is 12.1 Å². The van der Waals surface area contributed by atoms with E-state index < -0.39 is 11.6 Å². The summed E-state index contributed by atoms with van der Waals surface area (Å²) >= 11 is 0. The number of nitrogens with zero attached hydrogens (tertiary/aromatic N) is 2. The molecule has 0 radical (unpaired) electrons. The van der Waals surface area contributed by atoms with E-state index in [1.54, 1.807) is 6.07 Å². The molecule has 0 spiro atoms. The number of nitriles is 1. The molecule has 1 aliphatic heterocycles. The first-order chi connectivity index (χ1) is 7.24. The van der Waals surface area contributed by atoms with Crippen molar-refractivity contribution in [2.75, 3.05) is 18.0 Å². The average molecular weight is 208 g/mol. The van der Waals surface area contributed by atoms with Crippen LogP contribution in [0.25, 0.3) is 0 Å². The normalized spacial score (nSPS) is 15.4. The summed E-state index contributed by atoms with van der Waals surface area (Å²) in [5.74, 6) is -2.00. The fraction of sp³-hybridized carbons (Fsp3) is 0.364. The zero-order chi connectivity index (χ0) is 10.8. The first-order valence-electron chi connectivity index (χ1n) is 4.87. The molecule has 0 N–H and O–H groups in total. The van der Waals surface area contributed by atoms with Crippen LogP contribution in [0.3, 0.4) is 0 Å². The zero-order valence-electron chi connectivity index (χ0n) is 8.13. The van der Waals surface area contributed by atoms with Crippen LogP contribution in [0.5, 0.6) is 0 Å². The predicted octanol–water partition coefficient (Wildman–Crippen LogP) is 2.44. The Morgan fingerprint density at radius 2 is 1.87 bits per heavy atom. The van der Waals surface area contributed by atoms with Crippen molar-refractivity contribution in [1.29, 1.82) is 5.26 Å². The molecule has 1 saturated heterocycles. The number of hydrogen-bond acceptors (Lipinski definition) is 2. The third-order valence-electron chi connectivity index (χ3n) is 2.63. The van der Waals surface area contributed by atoms with Crippen molar-refractivity contribution in [3.05, 3.63) is 29.3 Å². The Bertz CT molecular complexity index is 417. The van der Waals surface area contributed by atoms with Gasteiger partial charge in [0.1, 0.15) is 11.6 Å². The summed E-state index contributed by atoms with van der Waals surface area (Å²) in [7, 11) is 0. The lowest BCUT2D eigenvalue weighted by molar-refractivity contribution is 0.506. The molecule has 1 aromatic rings. The van der Waals surface area contributed by atoms with Gasteiger partial charge in [-0.05, 0) is 25.0 Å².